The maximum absolute atomic E-state index is 12.4. The number of carbonyl (C=O) groups excluding carboxylic acids is 1. The van der Waals surface area contributed by atoms with Crippen LogP contribution in [0.3, 0.4) is 0 Å². The average molecular weight is 311 g/mol. The van der Waals surface area contributed by atoms with Gasteiger partial charge in [-0.05, 0) is 49.6 Å². The van der Waals surface area contributed by atoms with Crippen molar-refractivity contribution in [2.75, 3.05) is 31.1 Å². The lowest BCUT2D eigenvalue weighted by molar-refractivity contribution is -0.131. The SMILES string of the molecule is Cc1cccc(N2CCN(C(=O)CCc3ccc[nH]3)CC2)c1C. The van der Waals surface area contributed by atoms with Gasteiger partial charge < -0.3 is 14.8 Å². The Morgan fingerprint density at radius 2 is 1.87 bits per heavy atom. The van der Waals surface area contributed by atoms with Crippen molar-refractivity contribution in [3.8, 4) is 0 Å². The number of anilines is 1. The van der Waals surface area contributed by atoms with Gasteiger partial charge in [-0.25, -0.2) is 0 Å². The fourth-order valence-electron chi connectivity index (χ4n) is 3.20. The van der Waals surface area contributed by atoms with Crippen molar-refractivity contribution < 1.29 is 4.79 Å². The Kier molecular flexibility index (Phi) is 4.70. The van der Waals surface area contributed by atoms with Crippen LogP contribution >= 0.6 is 0 Å². The van der Waals surface area contributed by atoms with Crippen LogP contribution in [-0.2, 0) is 11.2 Å². The van der Waals surface area contributed by atoms with Crippen LogP contribution in [0.25, 0.3) is 0 Å². The van der Waals surface area contributed by atoms with Gasteiger partial charge >= 0.3 is 0 Å². The van der Waals surface area contributed by atoms with E-state index >= 15 is 0 Å². The smallest absolute Gasteiger partial charge is 0.223 e. The van der Waals surface area contributed by atoms with E-state index in [-0.39, 0.29) is 5.91 Å². The van der Waals surface area contributed by atoms with Gasteiger partial charge in [0, 0.05) is 50.2 Å². The van der Waals surface area contributed by atoms with Gasteiger partial charge in [0.15, 0.2) is 0 Å². The first-order valence-corrected chi connectivity index (χ1v) is 8.36. The van der Waals surface area contributed by atoms with Crippen molar-refractivity contribution in [1.82, 2.24) is 9.88 Å². The number of carbonyl (C=O) groups is 1. The minimum atomic E-state index is 0.264. The molecular weight excluding hydrogens is 286 g/mol. The number of hydrogen-bond donors (Lipinski definition) is 1. The standard InChI is InChI=1S/C19H25N3O/c1-15-5-3-7-18(16(15)2)21-11-13-22(14-12-21)19(23)9-8-17-6-4-10-20-17/h3-7,10,20H,8-9,11-14H2,1-2H3. The van der Waals surface area contributed by atoms with Crippen molar-refractivity contribution in [1.29, 1.82) is 0 Å². The molecule has 1 aliphatic rings. The number of aryl methyl sites for hydroxylation is 2. The first kappa shape index (κ1) is 15.7. The fourth-order valence-corrected chi connectivity index (χ4v) is 3.20. The molecule has 1 aliphatic heterocycles. The average Bonchev–Trinajstić information content (AvgIpc) is 3.09. The van der Waals surface area contributed by atoms with Gasteiger partial charge in [-0.3, -0.25) is 4.79 Å². The number of aromatic amines is 1. The molecule has 1 N–H and O–H groups in total. The molecule has 122 valence electrons. The topological polar surface area (TPSA) is 39.3 Å². The van der Waals surface area contributed by atoms with Crippen molar-refractivity contribution in [2.45, 2.75) is 26.7 Å². The monoisotopic (exact) mass is 311 g/mol. The van der Waals surface area contributed by atoms with Crippen LogP contribution in [0.1, 0.15) is 23.2 Å². The third kappa shape index (κ3) is 3.58. The summed E-state index contributed by atoms with van der Waals surface area (Å²) in [5.41, 5.74) is 5.11. The summed E-state index contributed by atoms with van der Waals surface area (Å²) in [7, 11) is 0. The lowest BCUT2D eigenvalue weighted by Gasteiger charge is -2.37. The normalized spacial score (nSPS) is 15.0. The zero-order chi connectivity index (χ0) is 16.2. The van der Waals surface area contributed by atoms with Crippen LogP contribution in [-0.4, -0.2) is 42.0 Å². The number of amides is 1. The highest BCUT2D eigenvalue weighted by Gasteiger charge is 2.22. The highest BCUT2D eigenvalue weighted by atomic mass is 16.2. The second kappa shape index (κ2) is 6.90. The van der Waals surface area contributed by atoms with Crippen LogP contribution in [0.2, 0.25) is 0 Å². The largest absolute Gasteiger partial charge is 0.368 e. The van der Waals surface area contributed by atoms with Crippen molar-refractivity contribution in [3.05, 3.63) is 53.3 Å². The quantitative estimate of drug-likeness (QED) is 0.943. The van der Waals surface area contributed by atoms with Crippen LogP contribution in [0.15, 0.2) is 36.5 Å². The molecule has 3 rings (SSSR count). The molecule has 23 heavy (non-hydrogen) atoms. The lowest BCUT2D eigenvalue weighted by atomic mass is 10.1. The van der Waals surface area contributed by atoms with Gasteiger partial charge in [-0.2, -0.15) is 0 Å². The molecule has 0 radical (unpaired) electrons. The summed E-state index contributed by atoms with van der Waals surface area (Å²) in [6.07, 6.45) is 3.29. The number of aromatic nitrogens is 1. The number of rotatable bonds is 4. The minimum absolute atomic E-state index is 0.264. The van der Waals surface area contributed by atoms with Crippen molar-refractivity contribution in [3.63, 3.8) is 0 Å². The van der Waals surface area contributed by atoms with Crippen LogP contribution in [0.5, 0.6) is 0 Å². The van der Waals surface area contributed by atoms with E-state index < -0.39 is 0 Å². The first-order chi connectivity index (χ1) is 11.1. The van der Waals surface area contributed by atoms with E-state index in [0.29, 0.717) is 6.42 Å². The highest BCUT2D eigenvalue weighted by Crippen LogP contribution is 2.24. The number of hydrogen-bond acceptors (Lipinski definition) is 2. The molecule has 0 aliphatic carbocycles. The summed E-state index contributed by atoms with van der Waals surface area (Å²) in [5, 5.41) is 0. The molecule has 2 aromatic rings. The molecule has 0 bridgehead atoms. The Morgan fingerprint density at radius 3 is 2.57 bits per heavy atom. The molecular formula is C19H25N3O. The Hall–Kier alpha value is -2.23. The molecule has 0 atom stereocenters. The molecule has 1 fully saturated rings. The molecule has 4 nitrogen and oxygen atoms in total. The summed E-state index contributed by atoms with van der Waals surface area (Å²) in [5.74, 6) is 0.264. The number of piperazine rings is 1. The van der Waals surface area contributed by atoms with Crippen molar-refractivity contribution >= 4 is 11.6 Å². The Labute approximate surface area is 138 Å². The van der Waals surface area contributed by atoms with E-state index in [1.54, 1.807) is 0 Å². The zero-order valence-electron chi connectivity index (χ0n) is 14.0. The van der Waals surface area contributed by atoms with E-state index in [4.69, 9.17) is 0 Å². The molecule has 1 amide bonds. The second-order valence-corrected chi connectivity index (χ2v) is 6.28. The predicted octanol–water partition coefficient (Wildman–Crippen LogP) is 2.91. The lowest BCUT2D eigenvalue weighted by Crippen LogP contribution is -2.49. The molecule has 2 heterocycles. The minimum Gasteiger partial charge on any atom is -0.368 e. The van der Waals surface area contributed by atoms with Crippen LogP contribution in [0.4, 0.5) is 5.69 Å². The number of benzene rings is 1. The van der Waals surface area contributed by atoms with E-state index in [2.05, 4.69) is 41.9 Å². The molecule has 0 unspecified atom stereocenters. The second-order valence-electron chi connectivity index (χ2n) is 6.28. The summed E-state index contributed by atoms with van der Waals surface area (Å²) >= 11 is 0. The highest BCUT2D eigenvalue weighted by molar-refractivity contribution is 5.76. The van der Waals surface area contributed by atoms with Gasteiger partial charge in [0.05, 0.1) is 0 Å². The van der Waals surface area contributed by atoms with E-state index in [1.807, 2.05) is 23.2 Å². The molecule has 1 aromatic heterocycles. The van der Waals surface area contributed by atoms with Crippen molar-refractivity contribution in [2.24, 2.45) is 0 Å². The van der Waals surface area contributed by atoms with Crippen LogP contribution < -0.4 is 4.90 Å². The Balaban J connectivity index is 1.53. The summed E-state index contributed by atoms with van der Waals surface area (Å²) in [4.78, 5) is 19.9. The van der Waals surface area contributed by atoms with Gasteiger partial charge in [0.2, 0.25) is 5.91 Å². The third-order valence-corrected chi connectivity index (χ3v) is 4.82. The van der Waals surface area contributed by atoms with Gasteiger partial charge in [-0.15, -0.1) is 0 Å². The summed E-state index contributed by atoms with van der Waals surface area (Å²) in [6, 6.07) is 10.5. The van der Waals surface area contributed by atoms with E-state index in [1.165, 1.54) is 16.8 Å². The third-order valence-electron chi connectivity index (χ3n) is 4.82. The Morgan fingerprint density at radius 1 is 1.09 bits per heavy atom. The van der Waals surface area contributed by atoms with E-state index in [9.17, 15) is 4.79 Å². The molecule has 1 saturated heterocycles. The molecule has 4 heteroatoms. The number of H-pyrrole nitrogens is 1. The molecule has 0 spiro atoms. The van der Waals surface area contributed by atoms with Gasteiger partial charge in [0.1, 0.15) is 0 Å². The van der Waals surface area contributed by atoms with Crippen LogP contribution in [0, 0.1) is 13.8 Å². The predicted molar refractivity (Wildman–Crippen MR) is 93.8 cm³/mol. The molecule has 1 aromatic carbocycles. The van der Waals surface area contributed by atoms with Gasteiger partial charge in [0.25, 0.3) is 0 Å². The summed E-state index contributed by atoms with van der Waals surface area (Å²) in [6.45, 7) is 7.79. The zero-order valence-corrected chi connectivity index (χ0v) is 14.0. The number of nitrogens with one attached hydrogen (secondary N) is 1. The van der Waals surface area contributed by atoms with E-state index in [0.717, 1.165) is 38.3 Å². The molecule has 0 saturated carbocycles. The Bertz CT molecular complexity index is 655. The maximum atomic E-state index is 12.4. The number of nitrogens with zero attached hydrogens (tertiary/aromatic N) is 2. The van der Waals surface area contributed by atoms with Gasteiger partial charge in [-0.1, -0.05) is 12.1 Å². The fraction of sp³-hybridized carbons (Fsp3) is 0.421. The summed E-state index contributed by atoms with van der Waals surface area (Å²) < 4.78 is 0. The maximum Gasteiger partial charge on any atom is 0.223 e. The first-order valence-electron chi connectivity index (χ1n) is 8.36.